The molecule has 1 aromatic heterocycles. The van der Waals surface area contributed by atoms with E-state index in [-0.39, 0.29) is 17.3 Å². The van der Waals surface area contributed by atoms with Crippen LogP contribution < -0.4 is 16.0 Å². The zero-order valence-electron chi connectivity index (χ0n) is 21.9. The number of nitrogens with one attached hydrogen (secondary N) is 3. The maximum atomic E-state index is 12.1. The topological polar surface area (TPSA) is 151 Å². The molecule has 1 heterocycles. The van der Waals surface area contributed by atoms with Crippen LogP contribution in [0.25, 0.3) is 0 Å². The molecule has 0 amide bonds. The second-order valence-electron chi connectivity index (χ2n) is 8.69. The fraction of sp³-hybridized carbons (Fsp3) is 0.241. The fourth-order valence-corrected chi connectivity index (χ4v) is 3.57. The number of hydrogen-bond donors (Lipinski definition) is 5. The number of ketones is 1. The van der Waals surface area contributed by atoms with Gasteiger partial charge in [-0.05, 0) is 55.0 Å². The van der Waals surface area contributed by atoms with Crippen molar-refractivity contribution in [2.75, 3.05) is 48.9 Å². The third kappa shape index (κ3) is 9.53. The maximum Gasteiger partial charge on any atom is 0.233 e. The molecule has 0 bridgehead atoms. The average molecular weight is 545 g/mol. The molecule has 0 fully saturated rings. The van der Waals surface area contributed by atoms with Crippen molar-refractivity contribution in [3.05, 3.63) is 84.4 Å². The van der Waals surface area contributed by atoms with Crippen molar-refractivity contribution in [3.8, 4) is 11.5 Å². The lowest BCUT2D eigenvalue weighted by molar-refractivity contribution is 0.0497. The van der Waals surface area contributed by atoms with E-state index in [0.29, 0.717) is 75.0 Å². The summed E-state index contributed by atoms with van der Waals surface area (Å²) in [5.41, 5.74) is 2.11. The quantitative estimate of drug-likeness (QED) is 0.0746. The molecule has 4 rings (SSSR count). The van der Waals surface area contributed by atoms with Gasteiger partial charge in [-0.1, -0.05) is 30.3 Å². The molecule has 208 valence electrons. The van der Waals surface area contributed by atoms with Crippen molar-refractivity contribution in [1.82, 2.24) is 15.0 Å². The number of Topliss-reactive ketones (excluding diaryl/α,β-unsaturated/α-hetero) is 1. The minimum atomic E-state index is 0.118. The highest BCUT2D eigenvalue weighted by molar-refractivity contribution is 5.95. The summed E-state index contributed by atoms with van der Waals surface area (Å²) in [6.07, 6.45) is 1.11. The highest BCUT2D eigenvalue weighted by Gasteiger charge is 2.09. The first kappa shape index (κ1) is 28.3. The molecule has 0 spiro atoms. The summed E-state index contributed by atoms with van der Waals surface area (Å²) in [5, 5.41) is 28.4. The second kappa shape index (κ2) is 15.0. The summed E-state index contributed by atoms with van der Waals surface area (Å²) in [6.45, 7) is 2.22. The van der Waals surface area contributed by atoms with Crippen LogP contribution in [0.3, 0.4) is 0 Å². The molecule has 11 nitrogen and oxygen atoms in total. The van der Waals surface area contributed by atoms with Gasteiger partial charge in [-0.2, -0.15) is 15.0 Å². The molecule has 0 saturated heterocycles. The monoisotopic (exact) mass is 544 g/mol. The molecule has 3 aromatic carbocycles. The minimum Gasteiger partial charge on any atom is -0.508 e. The number of phenols is 2. The summed E-state index contributed by atoms with van der Waals surface area (Å²) in [5.74, 6) is 1.35. The van der Waals surface area contributed by atoms with Crippen molar-refractivity contribution < 1.29 is 24.5 Å². The Labute approximate surface area is 232 Å². The van der Waals surface area contributed by atoms with Crippen LogP contribution in [0.5, 0.6) is 11.5 Å². The zero-order chi connectivity index (χ0) is 28.0. The van der Waals surface area contributed by atoms with Gasteiger partial charge in [0.15, 0.2) is 5.78 Å². The van der Waals surface area contributed by atoms with E-state index in [4.69, 9.17) is 9.47 Å². The predicted octanol–water partition coefficient (Wildman–Crippen LogP) is 4.88. The van der Waals surface area contributed by atoms with Gasteiger partial charge >= 0.3 is 0 Å². The fourth-order valence-electron chi connectivity index (χ4n) is 3.57. The Balaban J connectivity index is 1.20. The molecule has 0 atom stereocenters. The summed E-state index contributed by atoms with van der Waals surface area (Å²) in [6, 6.07) is 22.3. The molecule has 40 heavy (non-hydrogen) atoms. The van der Waals surface area contributed by atoms with Gasteiger partial charge in [0.25, 0.3) is 0 Å². The molecule has 4 aromatic rings. The molecule has 0 radical (unpaired) electrons. The molecule has 0 aliphatic carbocycles. The van der Waals surface area contributed by atoms with Gasteiger partial charge < -0.3 is 35.6 Å². The number of ether oxygens (including phenoxy) is 2. The van der Waals surface area contributed by atoms with Gasteiger partial charge in [0.05, 0.1) is 19.8 Å². The number of aromatic nitrogens is 3. The van der Waals surface area contributed by atoms with E-state index >= 15 is 0 Å². The van der Waals surface area contributed by atoms with E-state index in [2.05, 4.69) is 30.9 Å². The average Bonchev–Trinajstić information content (AvgIpc) is 2.97. The minimum absolute atomic E-state index is 0.118. The molecule has 5 N–H and O–H groups in total. The maximum absolute atomic E-state index is 12.1. The van der Waals surface area contributed by atoms with E-state index in [1.165, 1.54) is 0 Å². The SMILES string of the molecule is O=C(CCCOCCOCCNc1nc(Nc2ccc(O)cc2)nc(Nc2ccc(O)cc2)n1)c1ccccc1. The van der Waals surface area contributed by atoms with Crippen LogP contribution >= 0.6 is 0 Å². The number of hydrogen-bond acceptors (Lipinski definition) is 11. The van der Waals surface area contributed by atoms with E-state index in [1.807, 2.05) is 30.3 Å². The summed E-state index contributed by atoms with van der Waals surface area (Å²) in [4.78, 5) is 25.3. The largest absolute Gasteiger partial charge is 0.508 e. The predicted molar refractivity (Wildman–Crippen MR) is 153 cm³/mol. The number of phenolic OH excluding ortho intramolecular Hbond substituents is 2. The third-order valence-corrected chi connectivity index (χ3v) is 5.57. The van der Waals surface area contributed by atoms with Crippen LogP contribution in [0.15, 0.2) is 78.9 Å². The first-order chi connectivity index (χ1) is 19.5. The van der Waals surface area contributed by atoms with E-state index < -0.39 is 0 Å². The number of carbonyl (C=O) groups is 1. The van der Waals surface area contributed by atoms with Gasteiger partial charge in [-0.3, -0.25) is 4.79 Å². The summed E-state index contributed by atoms with van der Waals surface area (Å²) in [7, 11) is 0. The molecular formula is C29H32N6O5. The number of nitrogens with zero attached hydrogens (tertiary/aromatic N) is 3. The Kier molecular flexibility index (Phi) is 10.6. The smallest absolute Gasteiger partial charge is 0.233 e. The van der Waals surface area contributed by atoms with Crippen molar-refractivity contribution in [2.24, 2.45) is 0 Å². The van der Waals surface area contributed by atoms with Crippen LogP contribution in [-0.2, 0) is 9.47 Å². The third-order valence-electron chi connectivity index (χ3n) is 5.57. The van der Waals surface area contributed by atoms with Crippen LogP contribution in [0.2, 0.25) is 0 Å². The van der Waals surface area contributed by atoms with Crippen molar-refractivity contribution in [2.45, 2.75) is 12.8 Å². The van der Waals surface area contributed by atoms with E-state index in [9.17, 15) is 15.0 Å². The van der Waals surface area contributed by atoms with Gasteiger partial charge in [0, 0.05) is 36.5 Å². The Morgan fingerprint density at radius 1 is 0.650 bits per heavy atom. The second-order valence-corrected chi connectivity index (χ2v) is 8.69. The molecule has 0 aliphatic rings. The highest BCUT2D eigenvalue weighted by atomic mass is 16.5. The Morgan fingerprint density at radius 2 is 1.18 bits per heavy atom. The van der Waals surface area contributed by atoms with Crippen LogP contribution in [0, 0.1) is 0 Å². The summed E-state index contributed by atoms with van der Waals surface area (Å²) >= 11 is 0. The Morgan fingerprint density at radius 3 is 1.75 bits per heavy atom. The van der Waals surface area contributed by atoms with Crippen molar-refractivity contribution in [1.29, 1.82) is 0 Å². The van der Waals surface area contributed by atoms with E-state index in [0.717, 1.165) is 5.56 Å². The van der Waals surface area contributed by atoms with Gasteiger partial charge in [0.2, 0.25) is 17.8 Å². The lowest BCUT2D eigenvalue weighted by Gasteiger charge is -2.12. The molecule has 0 saturated carbocycles. The molecule has 0 unspecified atom stereocenters. The molecule has 11 heteroatoms. The highest BCUT2D eigenvalue weighted by Crippen LogP contribution is 2.21. The van der Waals surface area contributed by atoms with E-state index in [1.54, 1.807) is 48.5 Å². The van der Waals surface area contributed by atoms with Crippen molar-refractivity contribution >= 4 is 35.0 Å². The Bertz CT molecular complexity index is 1270. The lowest BCUT2D eigenvalue weighted by Crippen LogP contribution is -2.15. The number of benzene rings is 3. The van der Waals surface area contributed by atoms with Gasteiger partial charge in [-0.25, -0.2) is 0 Å². The first-order valence-corrected chi connectivity index (χ1v) is 12.9. The van der Waals surface area contributed by atoms with Gasteiger partial charge in [-0.15, -0.1) is 0 Å². The molecule has 0 aliphatic heterocycles. The number of anilines is 5. The Hall–Kier alpha value is -4.74. The number of aromatic hydroxyl groups is 2. The lowest BCUT2D eigenvalue weighted by atomic mass is 10.1. The summed E-state index contributed by atoms with van der Waals surface area (Å²) < 4.78 is 11.2. The number of carbonyl (C=O) groups excluding carboxylic acids is 1. The molecular weight excluding hydrogens is 512 g/mol. The van der Waals surface area contributed by atoms with Crippen LogP contribution in [-0.4, -0.2) is 63.9 Å². The first-order valence-electron chi connectivity index (χ1n) is 12.9. The zero-order valence-corrected chi connectivity index (χ0v) is 21.9. The normalized spacial score (nSPS) is 10.7. The van der Waals surface area contributed by atoms with Crippen molar-refractivity contribution in [3.63, 3.8) is 0 Å². The van der Waals surface area contributed by atoms with Gasteiger partial charge in [0.1, 0.15) is 11.5 Å². The number of rotatable bonds is 16. The van der Waals surface area contributed by atoms with Crippen LogP contribution in [0.1, 0.15) is 23.2 Å². The standard InChI is InChI=1S/C29H32N6O5/c36-24-12-8-22(9-13-24)31-28-33-27(34-29(35-28)32-23-10-14-25(37)15-11-23)30-16-18-40-20-19-39-17-4-7-26(38)21-5-2-1-3-6-21/h1-3,5-6,8-15,36-37H,4,7,16-20H2,(H3,30,31,32,33,34,35). The van der Waals surface area contributed by atoms with Crippen LogP contribution in [0.4, 0.5) is 29.2 Å².